The third kappa shape index (κ3) is 5.41. The van der Waals surface area contributed by atoms with Crippen molar-refractivity contribution in [2.45, 2.75) is 9.79 Å². The number of hydrogen-bond acceptors (Lipinski definition) is 4. The summed E-state index contributed by atoms with van der Waals surface area (Å²) < 4.78 is 60.9. The van der Waals surface area contributed by atoms with E-state index in [1.165, 1.54) is 0 Å². The monoisotopic (exact) mass is 312 g/mol. The molecular weight excluding hydrogens is 302 g/mol. The van der Waals surface area contributed by atoms with Gasteiger partial charge in [-0.2, -0.15) is 16.8 Å². The first-order valence-electron chi connectivity index (χ1n) is 3.88. The van der Waals surface area contributed by atoms with Crippen LogP contribution in [0.4, 0.5) is 0 Å². The quantitative estimate of drug-likeness (QED) is 0.428. The van der Waals surface area contributed by atoms with Gasteiger partial charge in [-0.25, -0.2) is 0 Å². The number of hydrogen-bond donors (Lipinski definition) is 2. The fraction of sp³-hybridized carbons (Fsp3) is 0. The van der Waals surface area contributed by atoms with Crippen LogP contribution in [0, 0.1) is 0 Å². The zero-order valence-electron chi connectivity index (χ0n) is 11.9. The molecule has 1 aromatic rings. The molecule has 92 valence electrons. The standard InChI is InChI=1S/C8H8O6S2.2Na.2H/c1-2-6-3-4-7(15(9,10)11)5-8(6)16(12,13)14;;;;/h2-5H,1H2,(H,9,10,11)(H,12,13,14);;;;/q;2*+1;2*-1. The van der Waals surface area contributed by atoms with Crippen LogP contribution < -0.4 is 59.1 Å². The average Bonchev–Trinajstić information content (AvgIpc) is 2.14. The first-order valence-corrected chi connectivity index (χ1v) is 6.76. The van der Waals surface area contributed by atoms with Crippen molar-refractivity contribution in [3.8, 4) is 0 Å². The van der Waals surface area contributed by atoms with E-state index >= 15 is 0 Å². The predicted molar refractivity (Wildman–Crippen MR) is 58.4 cm³/mol. The number of benzene rings is 1. The summed E-state index contributed by atoms with van der Waals surface area (Å²) in [5.41, 5.74) is 0.0369. The van der Waals surface area contributed by atoms with Crippen LogP contribution in [0.25, 0.3) is 6.08 Å². The van der Waals surface area contributed by atoms with E-state index in [1.54, 1.807) is 0 Å². The summed E-state index contributed by atoms with van der Waals surface area (Å²) in [4.78, 5) is -1.25. The Balaban J connectivity index is -0.000000320. The molecule has 10 heteroatoms. The summed E-state index contributed by atoms with van der Waals surface area (Å²) in [6.07, 6.45) is 1.14. The molecule has 0 bridgehead atoms. The van der Waals surface area contributed by atoms with E-state index in [1.807, 2.05) is 0 Å². The molecule has 6 nitrogen and oxygen atoms in total. The smallest absolute Gasteiger partial charge is 1.00 e. The summed E-state index contributed by atoms with van der Waals surface area (Å²) in [5, 5.41) is 0. The van der Waals surface area contributed by atoms with Crippen LogP contribution in [0.2, 0.25) is 0 Å². The Hall–Kier alpha value is 0.780. The molecule has 0 heterocycles. The Morgan fingerprint density at radius 3 is 1.89 bits per heavy atom. The maximum absolute atomic E-state index is 10.9. The molecule has 2 N–H and O–H groups in total. The van der Waals surface area contributed by atoms with Gasteiger partial charge in [-0.1, -0.05) is 18.7 Å². The van der Waals surface area contributed by atoms with Crippen molar-refractivity contribution < 1.29 is 87.9 Å². The van der Waals surface area contributed by atoms with Crippen molar-refractivity contribution in [1.29, 1.82) is 0 Å². The van der Waals surface area contributed by atoms with Crippen LogP contribution in [-0.4, -0.2) is 25.9 Å². The number of rotatable bonds is 3. The van der Waals surface area contributed by atoms with E-state index in [2.05, 4.69) is 6.58 Å². The Morgan fingerprint density at radius 1 is 1.06 bits per heavy atom. The summed E-state index contributed by atoms with van der Waals surface area (Å²) in [6.45, 7) is 3.31. The average molecular weight is 312 g/mol. The molecule has 0 aliphatic carbocycles. The van der Waals surface area contributed by atoms with E-state index in [0.29, 0.717) is 6.07 Å². The largest absolute Gasteiger partial charge is 1.00 e. The van der Waals surface area contributed by atoms with Gasteiger partial charge in [0.05, 0.1) is 4.90 Å². The van der Waals surface area contributed by atoms with Crippen molar-refractivity contribution in [3.05, 3.63) is 30.3 Å². The Morgan fingerprint density at radius 2 is 1.56 bits per heavy atom. The van der Waals surface area contributed by atoms with Crippen LogP contribution in [-0.2, 0) is 20.2 Å². The van der Waals surface area contributed by atoms with Crippen molar-refractivity contribution in [2.75, 3.05) is 0 Å². The zero-order valence-corrected chi connectivity index (χ0v) is 15.5. The van der Waals surface area contributed by atoms with Gasteiger partial charge >= 0.3 is 59.1 Å². The normalized spacial score (nSPS) is 11.0. The molecule has 0 aromatic heterocycles. The summed E-state index contributed by atoms with van der Waals surface area (Å²) in [7, 11) is -9.10. The fourth-order valence-electron chi connectivity index (χ4n) is 1.07. The second kappa shape index (κ2) is 7.53. The molecule has 0 atom stereocenters. The minimum absolute atomic E-state index is 0. The molecule has 0 unspecified atom stereocenters. The molecule has 0 spiro atoms. The molecule has 0 fully saturated rings. The van der Waals surface area contributed by atoms with Crippen molar-refractivity contribution in [1.82, 2.24) is 0 Å². The van der Waals surface area contributed by atoms with Crippen molar-refractivity contribution in [3.63, 3.8) is 0 Å². The van der Waals surface area contributed by atoms with Crippen LogP contribution in [0.3, 0.4) is 0 Å². The molecule has 1 aromatic carbocycles. The van der Waals surface area contributed by atoms with E-state index in [4.69, 9.17) is 9.11 Å². The molecule has 0 aliphatic rings. The molecule has 1 rings (SSSR count). The minimum atomic E-state index is -4.58. The summed E-state index contributed by atoms with van der Waals surface area (Å²) in [6, 6.07) is 2.77. The second-order valence-electron chi connectivity index (χ2n) is 2.85. The van der Waals surface area contributed by atoms with Crippen LogP contribution in [0.5, 0.6) is 0 Å². The summed E-state index contributed by atoms with van der Waals surface area (Å²) >= 11 is 0. The fourth-order valence-corrected chi connectivity index (χ4v) is 2.37. The first-order chi connectivity index (χ1) is 7.16. The summed E-state index contributed by atoms with van der Waals surface area (Å²) in [5.74, 6) is 0. The van der Waals surface area contributed by atoms with E-state index < -0.39 is 30.0 Å². The van der Waals surface area contributed by atoms with Crippen LogP contribution in [0.1, 0.15) is 8.42 Å². The molecule has 0 aliphatic heterocycles. The third-order valence-corrected chi connectivity index (χ3v) is 3.54. The van der Waals surface area contributed by atoms with Gasteiger partial charge in [-0.3, -0.25) is 9.11 Å². The van der Waals surface area contributed by atoms with Crippen LogP contribution >= 0.6 is 0 Å². The minimum Gasteiger partial charge on any atom is -1.00 e. The van der Waals surface area contributed by atoms with Crippen molar-refractivity contribution >= 4 is 26.3 Å². The Labute approximate surface area is 153 Å². The molecular formula is C8H10Na2O6S2. The van der Waals surface area contributed by atoms with Crippen LogP contribution in [0.15, 0.2) is 34.6 Å². The van der Waals surface area contributed by atoms with Gasteiger partial charge in [-0.15, -0.1) is 0 Å². The molecule has 0 radical (unpaired) electrons. The topological polar surface area (TPSA) is 109 Å². The molecule has 18 heavy (non-hydrogen) atoms. The van der Waals surface area contributed by atoms with Gasteiger partial charge in [-0.05, 0) is 17.7 Å². The predicted octanol–water partition coefficient (Wildman–Crippen LogP) is -4.94. The van der Waals surface area contributed by atoms with Gasteiger partial charge in [0.15, 0.2) is 0 Å². The van der Waals surface area contributed by atoms with Gasteiger partial charge in [0.1, 0.15) is 4.90 Å². The second-order valence-corrected chi connectivity index (χ2v) is 5.67. The van der Waals surface area contributed by atoms with Gasteiger partial charge < -0.3 is 2.85 Å². The maximum atomic E-state index is 10.9. The van der Waals surface area contributed by atoms with E-state index in [0.717, 1.165) is 18.2 Å². The molecule has 0 saturated carbocycles. The third-order valence-electron chi connectivity index (χ3n) is 1.78. The van der Waals surface area contributed by atoms with Gasteiger partial charge in [0.25, 0.3) is 20.2 Å². The maximum Gasteiger partial charge on any atom is 1.00 e. The van der Waals surface area contributed by atoms with Crippen molar-refractivity contribution in [2.24, 2.45) is 0 Å². The van der Waals surface area contributed by atoms with Gasteiger partial charge in [0.2, 0.25) is 0 Å². The van der Waals surface area contributed by atoms with E-state index in [-0.39, 0.29) is 67.5 Å². The Kier molecular flexibility index (Phi) is 8.82. The van der Waals surface area contributed by atoms with Gasteiger partial charge in [0, 0.05) is 0 Å². The molecule has 0 saturated heterocycles. The zero-order chi connectivity index (χ0) is 12.6. The Bertz CT molecular complexity index is 645. The van der Waals surface area contributed by atoms with E-state index in [9.17, 15) is 16.8 Å². The SMILES string of the molecule is C=Cc1ccc(S(=O)(=O)O)cc1S(=O)(=O)O.[H-].[H-].[Na+].[Na+]. The first kappa shape index (κ1) is 21.1. The molecule has 0 amide bonds.